The number of amides is 1. The highest BCUT2D eigenvalue weighted by atomic mass is 35.5. The molecule has 0 unspecified atom stereocenters. The lowest BCUT2D eigenvalue weighted by Gasteiger charge is -2.11. The van der Waals surface area contributed by atoms with Crippen molar-refractivity contribution in [2.75, 3.05) is 26.6 Å². The van der Waals surface area contributed by atoms with E-state index in [2.05, 4.69) is 5.32 Å². The van der Waals surface area contributed by atoms with E-state index >= 15 is 0 Å². The van der Waals surface area contributed by atoms with E-state index in [9.17, 15) is 4.79 Å². The van der Waals surface area contributed by atoms with Gasteiger partial charge in [-0.05, 0) is 60.9 Å². The zero-order valence-corrected chi connectivity index (χ0v) is 20.9. The van der Waals surface area contributed by atoms with Crippen molar-refractivity contribution in [3.63, 3.8) is 0 Å². The highest BCUT2D eigenvalue weighted by Gasteiger charge is 2.16. The summed E-state index contributed by atoms with van der Waals surface area (Å²) < 4.78 is 22.2. The molecular weight excluding hydrogens is 466 g/mol. The van der Waals surface area contributed by atoms with E-state index in [1.807, 2.05) is 56.3 Å². The topological polar surface area (TPSA) is 69.9 Å². The van der Waals surface area contributed by atoms with Crippen molar-refractivity contribution in [1.82, 2.24) is 0 Å². The van der Waals surface area contributed by atoms with Crippen LogP contribution >= 0.6 is 11.6 Å². The Kier molecular flexibility index (Phi) is 7.03. The van der Waals surface area contributed by atoms with Gasteiger partial charge in [-0.15, -0.1) is 0 Å². The molecule has 0 aliphatic heterocycles. The van der Waals surface area contributed by atoms with Gasteiger partial charge in [0.15, 0.2) is 11.5 Å². The Morgan fingerprint density at radius 1 is 0.943 bits per heavy atom. The number of hydrogen-bond donors (Lipinski definition) is 1. The number of allylic oxidation sites excluding steroid dienone is 1. The summed E-state index contributed by atoms with van der Waals surface area (Å²) in [4.78, 5) is 12.7. The van der Waals surface area contributed by atoms with Crippen LogP contribution in [0.2, 0.25) is 5.02 Å². The van der Waals surface area contributed by atoms with Crippen molar-refractivity contribution >= 4 is 39.7 Å². The van der Waals surface area contributed by atoms with E-state index in [0.29, 0.717) is 33.5 Å². The Morgan fingerprint density at radius 3 is 2.37 bits per heavy atom. The smallest absolute Gasteiger partial charge is 0.248 e. The molecule has 0 saturated heterocycles. The van der Waals surface area contributed by atoms with Crippen molar-refractivity contribution in [3.8, 4) is 28.4 Å². The highest BCUT2D eigenvalue weighted by Crippen LogP contribution is 2.40. The molecule has 0 atom stereocenters. The normalized spacial score (nSPS) is 11.4. The number of aryl methyl sites for hydroxylation is 1. The number of furan rings is 1. The summed E-state index contributed by atoms with van der Waals surface area (Å²) in [6.45, 7) is 3.77. The second kappa shape index (κ2) is 10.2. The van der Waals surface area contributed by atoms with Gasteiger partial charge in [0.2, 0.25) is 5.91 Å². The van der Waals surface area contributed by atoms with Crippen LogP contribution in [0.4, 0.5) is 5.69 Å². The quantitative estimate of drug-likeness (QED) is 0.278. The number of carbonyl (C=O) groups excluding carboxylic acids is 1. The Balaban J connectivity index is 1.71. The van der Waals surface area contributed by atoms with Crippen molar-refractivity contribution in [2.24, 2.45) is 0 Å². The van der Waals surface area contributed by atoms with E-state index in [1.54, 1.807) is 33.7 Å². The predicted molar refractivity (Wildman–Crippen MR) is 140 cm³/mol. The van der Waals surface area contributed by atoms with Crippen molar-refractivity contribution in [1.29, 1.82) is 0 Å². The van der Waals surface area contributed by atoms with Gasteiger partial charge in [-0.3, -0.25) is 4.79 Å². The maximum absolute atomic E-state index is 12.7. The van der Waals surface area contributed by atoms with Gasteiger partial charge in [-0.25, -0.2) is 0 Å². The van der Waals surface area contributed by atoms with Crippen LogP contribution in [0, 0.1) is 6.92 Å². The lowest BCUT2D eigenvalue weighted by atomic mass is 9.99. The summed E-state index contributed by atoms with van der Waals surface area (Å²) in [6, 6.07) is 14.9. The molecule has 1 aromatic heterocycles. The number of methoxy groups -OCH3 is 3. The number of rotatable bonds is 7. The first-order valence-corrected chi connectivity index (χ1v) is 11.3. The second-order valence-corrected chi connectivity index (χ2v) is 8.46. The average molecular weight is 492 g/mol. The van der Waals surface area contributed by atoms with E-state index < -0.39 is 0 Å². The standard InChI is InChI=1S/C28H26ClNO5/c1-16-6-8-19(12-23(16)29)30-28(31)10-17(2)20-13-21-22(15-35-26(21)14-25(20)33-4)18-7-9-24(32-3)27(11-18)34-5/h6-15H,1-5H3,(H,30,31)/b17-10+. The van der Waals surface area contributed by atoms with Crippen LogP contribution in [0.15, 0.2) is 65.3 Å². The van der Waals surface area contributed by atoms with Crippen LogP contribution < -0.4 is 19.5 Å². The molecule has 0 aliphatic carbocycles. The SMILES string of the molecule is COc1ccc(-c2coc3cc(OC)c(/C(C)=C/C(=O)Nc4ccc(C)c(Cl)c4)cc23)cc1OC. The zero-order valence-electron chi connectivity index (χ0n) is 20.2. The molecule has 4 rings (SSSR count). The fourth-order valence-electron chi connectivity index (χ4n) is 3.88. The largest absolute Gasteiger partial charge is 0.496 e. The summed E-state index contributed by atoms with van der Waals surface area (Å²) in [5.74, 6) is 1.60. The number of nitrogens with one attached hydrogen (secondary N) is 1. The van der Waals surface area contributed by atoms with Gasteiger partial charge < -0.3 is 23.9 Å². The van der Waals surface area contributed by atoms with E-state index in [-0.39, 0.29) is 5.91 Å². The number of ether oxygens (including phenoxy) is 3. The summed E-state index contributed by atoms with van der Waals surface area (Å²) in [6.07, 6.45) is 3.23. The number of hydrogen-bond acceptors (Lipinski definition) is 5. The molecule has 0 bridgehead atoms. The summed E-state index contributed by atoms with van der Waals surface area (Å²) in [5.41, 5.74) is 5.55. The van der Waals surface area contributed by atoms with E-state index in [4.69, 9.17) is 30.2 Å². The van der Waals surface area contributed by atoms with Gasteiger partial charge in [0.1, 0.15) is 11.3 Å². The zero-order chi connectivity index (χ0) is 25.1. The summed E-state index contributed by atoms with van der Waals surface area (Å²) in [5, 5.41) is 4.33. The molecule has 35 heavy (non-hydrogen) atoms. The summed E-state index contributed by atoms with van der Waals surface area (Å²) in [7, 11) is 4.79. The fourth-order valence-corrected chi connectivity index (χ4v) is 4.06. The number of carbonyl (C=O) groups is 1. The first-order valence-electron chi connectivity index (χ1n) is 10.9. The molecule has 0 fully saturated rings. The first kappa shape index (κ1) is 24.2. The molecule has 1 heterocycles. The molecule has 7 heteroatoms. The van der Waals surface area contributed by atoms with Crippen LogP contribution in [-0.2, 0) is 4.79 Å². The predicted octanol–water partition coefficient (Wildman–Crippen LogP) is 7.13. The lowest BCUT2D eigenvalue weighted by molar-refractivity contribution is -0.111. The van der Waals surface area contributed by atoms with Crippen LogP contribution in [0.1, 0.15) is 18.1 Å². The molecule has 6 nitrogen and oxygen atoms in total. The maximum Gasteiger partial charge on any atom is 0.248 e. The molecule has 0 saturated carbocycles. The molecule has 1 amide bonds. The number of anilines is 1. The van der Waals surface area contributed by atoms with Crippen molar-refractivity contribution < 1.29 is 23.4 Å². The fraction of sp³-hybridized carbons (Fsp3) is 0.179. The number of benzene rings is 3. The minimum absolute atomic E-state index is 0.267. The number of fused-ring (bicyclic) bond motifs is 1. The van der Waals surface area contributed by atoms with Gasteiger partial charge in [0.25, 0.3) is 0 Å². The Morgan fingerprint density at radius 2 is 1.69 bits per heavy atom. The second-order valence-electron chi connectivity index (χ2n) is 8.05. The Hall–Kier alpha value is -3.90. The molecular formula is C28H26ClNO5. The molecule has 0 spiro atoms. The molecule has 1 N–H and O–H groups in total. The van der Waals surface area contributed by atoms with Gasteiger partial charge in [-0.1, -0.05) is 23.7 Å². The third-order valence-electron chi connectivity index (χ3n) is 5.80. The van der Waals surface area contributed by atoms with Gasteiger partial charge >= 0.3 is 0 Å². The molecule has 4 aromatic rings. The molecule has 0 radical (unpaired) electrons. The van der Waals surface area contributed by atoms with Crippen molar-refractivity contribution in [2.45, 2.75) is 13.8 Å². The Bertz CT molecular complexity index is 1440. The van der Waals surface area contributed by atoms with Crippen LogP contribution in [0.5, 0.6) is 17.2 Å². The summed E-state index contributed by atoms with van der Waals surface area (Å²) >= 11 is 6.18. The third-order valence-corrected chi connectivity index (χ3v) is 6.21. The average Bonchev–Trinajstić information content (AvgIpc) is 3.27. The molecule has 0 aliphatic rings. The number of halogens is 1. The van der Waals surface area contributed by atoms with Gasteiger partial charge in [-0.2, -0.15) is 0 Å². The van der Waals surface area contributed by atoms with E-state index in [0.717, 1.165) is 33.2 Å². The van der Waals surface area contributed by atoms with Crippen LogP contribution in [-0.4, -0.2) is 27.2 Å². The maximum atomic E-state index is 12.7. The monoisotopic (exact) mass is 491 g/mol. The first-order chi connectivity index (χ1) is 16.8. The van der Waals surface area contributed by atoms with Crippen LogP contribution in [0.25, 0.3) is 27.7 Å². The minimum atomic E-state index is -0.267. The van der Waals surface area contributed by atoms with Crippen LogP contribution in [0.3, 0.4) is 0 Å². The third kappa shape index (κ3) is 4.98. The van der Waals surface area contributed by atoms with Gasteiger partial charge in [0, 0.05) is 39.4 Å². The van der Waals surface area contributed by atoms with E-state index in [1.165, 1.54) is 6.08 Å². The molecule has 3 aromatic carbocycles. The Labute approximate surface area is 209 Å². The van der Waals surface area contributed by atoms with Crippen molar-refractivity contribution in [3.05, 3.63) is 77.0 Å². The molecule has 180 valence electrons. The van der Waals surface area contributed by atoms with Gasteiger partial charge in [0.05, 0.1) is 27.6 Å². The minimum Gasteiger partial charge on any atom is -0.496 e. The lowest BCUT2D eigenvalue weighted by Crippen LogP contribution is -2.08. The highest BCUT2D eigenvalue weighted by molar-refractivity contribution is 6.31.